The lowest BCUT2D eigenvalue weighted by Crippen LogP contribution is -2.48. The average Bonchev–Trinajstić information content (AvgIpc) is 2.41. The van der Waals surface area contributed by atoms with Crippen LogP contribution >= 0.6 is 0 Å². The Morgan fingerprint density at radius 3 is 2.84 bits per heavy atom. The first kappa shape index (κ1) is 14.8. The number of aliphatic hydroxyl groups is 1. The normalized spacial score (nSPS) is 33.1. The van der Waals surface area contributed by atoms with E-state index in [2.05, 4.69) is 17.1 Å². The topological polar surface area (TPSA) is 61.8 Å². The van der Waals surface area contributed by atoms with Gasteiger partial charge in [-0.2, -0.15) is 0 Å². The number of carbonyl (C=O) groups excluding carboxylic acids is 1. The number of carbonyl (C=O) groups is 1. The molecule has 0 bridgehead atoms. The Labute approximate surface area is 115 Å². The summed E-state index contributed by atoms with van der Waals surface area (Å²) in [6.07, 6.45) is 3.80. The number of nitrogens with one attached hydrogen (secondary N) is 1. The van der Waals surface area contributed by atoms with E-state index in [9.17, 15) is 9.90 Å². The molecule has 1 aliphatic heterocycles. The molecule has 2 fully saturated rings. The molecule has 19 heavy (non-hydrogen) atoms. The Bertz CT molecular complexity index is 305. The van der Waals surface area contributed by atoms with Gasteiger partial charge in [0.15, 0.2) is 0 Å². The molecule has 0 aromatic rings. The molecule has 1 heterocycles. The molecule has 5 heteroatoms. The summed E-state index contributed by atoms with van der Waals surface area (Å²) in [5.41, 5.74) is -0.154. The Morgan fingerprint density at radius 2 is 2.16 bits per heavy atom. The van der Waals surface area contributed by atoms with E-state index in [0.29, 0.717) is 26.3 Å². The summed E-state index contributed by atoms with van der Waals surface area (Å²) < 4.78 is 5.26. The molecule has 1 saturated carbocycles. The molecule has 1 saturated heterocycles. The molecule has 2 rings (SSSR count). The number of ether oxygens (including phenoxy) is 1. The molecule has 1 aliphatic carbocycles. The summed E-state index contributed by atoms with van der Waals surface area (Å²) in [4.78, 5) is 14.0. The molecule has 0 radical (unpaired) electrons. The summed E-state index contributed by atoms with van der Waals surface area (Å²) in [6, 6.07) is 0. The van der Waals surface area contributed by atoms with Gasteiger partial charge in [-0.1, -0.05) is 19.8 Å². The van der Waals surface area contributed by atoms with E-state index in [0.717, 1.165) is 38.8 Å². The van der Waals surface area contributed by atoms with Crippen molar-refractivity contribution in [1.82, 2.24) is 10.2 Å². The number of amides is 1. The van der Waals surface area contributed by atoms with E-state index in [1.807, 2.05) is 0 Å². The molecule has 0 aromatic carbocycles. The van der Waals surface area contributed by atoms with Gasteiger partial charge in [-0.05, 0) is 12.8 Å². The number of hydrogen-bond donors (Lipinski definition) is 2. The minimum atomic E-state index is -0.287. The second-order valence-corrected chi connectivity index (χ2v) is 6.08. The van der Waals surface area contributed by atoms with Crippen LogP contribution in [0, 0.1) is 5.41 Å². The lowest BCUT2D eigenvalue weighted by Gasteiger charge is -2.38. The number of aliphatic hydroxyl groups excluding tert-OH is 1. The van der Waals surface area contributed by atoms with E-state index in [4.69, 9.17) is 4.74 Å². The van der Waals surface area contributed by atoms with Crippen LogP contribution in [0.1, 0.15) is 32.6 Å². The predicted molar refractivity (Wildman–Crippen MR) is 72.9 cm³/mol. The zero-order valence-corrected chi connectivity index (χ0v) is 11.9. The van der Waals surface area contributed by atoms with Gasteiger partial charge in [0.05, 0.1) is 25.9 Å². The van der Waals surface area contributed by atoms with Crippen LogP contribution in [-0.2, 0) is 9.53 Å². The van der Waals surface area contributed by atoms with E-state index in [1.54, 1.807) is 0 Å². The summed E-state index contributed by atoms with van der Waals surface area (Å²) in [7, 11) is 0. The fourth-order valence-electron chi connectivity index (χ4n) is 2.91. The molecule has 2 aliphatic rings. The van der Waals surface area contributed by atoms with Crippen LogP contribution in [0.3, 0.4) is 0 Å². The van der Waals surface area contributed by atoms with Crippen LogP contribution < -0.4 is 5.32 Å². The molecule has 110 valence electrons. The van der Waals surface area contributed by atoms with Gasteiger partial charge in [0.25, 0.3) is 0 Å². The highest BCUT2D eigenvalue weighted by Gasteiger charge is 2.35. The number of hydrogen-bond acceptors (Lipinski definition) is 4. The van der Waals surface area contributed by atoms with E-state index in [1.165, 1.54) is 0 Å². The highest BCUT2D eigenvalue weighted by molar-refractivity contribution is 5.78. The van der Waals surface area contributed by atoms with Gasteiger partial charge in [-0.3, -0.25) is 9.69 Å². The van der Waals surface area contributed by atoms with Gasteiger partial charge in [0.1, 0.15) is 0 Å². The second-order valence-electron chi connectivity index (χ2n) is 6.08. The largest absolute Gasteiger partial charge is 0.392 e. The molecule has 2 N–H and O–H groups in total. The molecule has 0 aromatic heterocycles. The third-order valence-corrected chi connectivity index (χ3v) is 4.44. The van der Waals surface area contributed by atoms with Gasteiger partial charge in [-0.15, -0.1) is 0 Å². The van der Waals surface area contributed by atoms with Crippen molar-refractivity contribution in [2.75, 3.05) is 39.4 Å². The summed E-state index contributed by atoms with van der Waals surface area (Å²) in [6.45, 7) is 6.17. The van der Waals surface area contributed by atoms with Gasteiger partial charge in [0, 0.05) is 25.0 Å². The quantitative estimate of drug-likeness (QED) is 0.775. The molecule has 2 atom stereocenters. The van der Waals surface area contributed by atoms with E-state index in [-0.39, 0.29) is 17.4 Å². The first-order valence-corrected chi connectivity index (χ1v) is 7.35. The molecule has 1 amide bonds. The zero-order chi connectivity index (χ0) is 13.7. The minimum absolute atomic E-state index is 0.0564. The van der Waals surface area contributed by atoms with Crippen molar-refractivity contribution >= 4 is 5.91 Å². The Morgan fingerprint density at radius 1 is 1.42 bits per heavy atom. The Hall–Kier alpha value is -0.650. The lowest BCUT2D eigenvalue weighted by atomic mass is 9.73. The first-order chi connectivity index (χ1) is 9.10. The van der Waals surface area contributed by atoms with Crippen molar-refractivity contribution in [3.05, 3.63) is 0 Å². The zero-order valence-electron chi connectivity index (χ0n) is 11.9. The standard InChI is InChI=1S/C14H26N2O3/c1-14(5-3-2-4-12(14)17)11-15-13(18)10-16-6-8-19-9-7-16/h12,17H,2-11H2,1H3,(H,15,18). The maximum atomic E-state index is 11.9. The highest BCUT2D eigenvalue weighted by atomic mass is 16.5. The molecule has 5 nitrogen and oxygen atoms in total. The van der Waals surface area contributed by atoms with Crippen LogP contribution in [0.4, 0.5) is 0 Å². The SMILES string of the molecule is CC1(CNC(=O)CN2CCOCC2)CCCCC1O. The Balaban J connectivity index is 1.73. The van der Waals surface area contributed by atoms with Crippen molar-refractivity contribution in [1.29, 1.82) is 0 Å². The predicted octanol–water partition coefficient (Wildman–Crippen LogP) is 0.376. The molecule has 2 unspecified atom stereocenters. The van der Waals surface area contributed by atoms with Crippen LogP contribution in [0.2, 0.25) is 0 Å². The van der Waals surface area contributed by atoms with Crippen molar-refractivity contribution in [2.45, 2.75) is 38.7 Å². The smallest absolute Gasteiger partial charge is 0.234 e. The third kappa shape index (κ3) is 4.16. The van der Waals surface area contributed by atoms with Gasteiger partial charge >= 0.3 is 0 Å². The lowest BCUT2D eigenvalue weighted by molar-refractivity contribution is -0.124. The summed E-state index contributed by atoms with van der Waals surface area (Å²) in [5, 5.41) is 13.1. The van der Waals surface area contributed by atoms with Gasteiger partial charge < -0.3 is 15.2 Å². The van der Waals surface area contributed by atoms with Crippen LogP contribution in [0.5, 0.6) is 0 Å². The monoisotopic (exact) mass is 270 g/mol. The molecular weight excluding hydrogens is 244 g/mol. The van der Waals surface area contributed by atoms with Crippen LogP contribution in [0.25, 0.3) is 0 Å². The van der Waals surface area contributed by atoms with Crippen molar-refractivity contribution < 1.29 is 14.6 Å². The maximum absolute atomic E-state index is 11.9. The van der Waals surface area contributed by atoms with Crippen molar-refractivity contribution in [2.24, 2.45) is 5.41 Å². The third-order valence-electron chi connectivity index (χ3n) is 4.44. The fraction of sp³-hybridized carbons (Fsp3) is 0.929. The number of morpholine rings is 1. The Kier molecular flexibility index (Phi) is 5.19. The molecular formula is C14H26N2O3. The first-order valence-electron chi connectivity index (χ1n) is 7.35. The minimum Gasteiger partial charge on any atom is -0.392 e. The number of nitrogens with zero attached hydrogens (tertiary/aromatic N) is 1. The average molecular weight is 270 g/mol. The number of rotatable bonds is 4. The second kappa shape index (κ2) is 6.68. The van der Waals surface area contributed by atoms with Gasteiger partial charge in [0.2, 0.25) is 5.91 Å². The van der Waals surface area contributed by atoms with Crippen LogP contribution in [0.15, 0.2) is 0 Å². The summed E-state index contributed by atoms with van der Waals surface area (Å²) >= 11 is 0. The van der Waals surface area contributed by atoms with Crippen LogP contribution in [-0.4, -0.2) is 61.4 Å². The summed E-state index contributed by atoms with van der Waals surface area (Å²) in [5.74, 6) is 0.0564. The van der Waals surface area contributed by atoms with E-state index >= 15 is 0 Å². The molecule has 0 spiro atoms. The maximum Gasteiger partial charge on any atom is 0.234 e. The van der Waals surface area contributed by atoms with E-state index < -0.39 is 0 Å². The van der Waals surface area contributed by atoms with Crippen molar-refractivity contribution in [3.63, 3.8) is 0 Å². The fourth-order valence-corrected chi connectivity index (χ4v) is 2.91. The van der Waals surface area contributed by atoms with Crippen molar-refractivity contribution in [3.8, 4) is 0 Å². The highest BCUT2D eigenvalue weighted by Crippen LogP contribution is 2.35. The van der Waals surface area contributed by atoms with Gasteiger partial charge in [-0.25, -0.2) is 0 Å².